The molecule has 5 nitrogen and oxygen atoms in total. The van der Waals surface area contributed by atoms with Crippen LogP contribution in [0.3, 0.4) is 0 Å². The molecule has 0 spiro atoms. The van der Waals surface area contributed by atoms with Crippen molar-refractivity contribution in [3.63, 3.8) is 0 Å². The lowest BCUT2D eigenvalue weighted by molar-refractivity contribution is -0.128. The molecule has 0 aromatic heterocycles. The number of halogens is 2. The second-order valence-electron chi connectivity index (χ2n) is 5.89. The molecule has 0 aliphatic rings. The molecule has 0 aliphatic heterocycles. The molecule has 2 N–H and O–H groups in total. The van der Waals surface area contributed by atoms with Crippen LogP contribution in [0.25, 0.3) is 0 Å². The Hall–Kier alpha value is -0.180. The van der Waals surface area contributed by atoms with E-state index in [1.165, 1.54) is 0 Å². The van der Waals surface area contributed by atoms with Gasteiger partial charge < -0.3 is 10.6 Å². The molecule has 0 saturated carbocycles. The lowest BCUT2D eigenvalue weighted by Gasteiger charge is -2.24. The van der Waals surface area contributed by atoms with Gasteiger partial charge in [0.15, 0.2) is 5.78 Å². The van der Waals surface area contributed by atoms with Crippen LogP contribution in [0.4, 0.5) is 4.79 Å². The van der Waals surface area contributed by atoms with Crippen LogP contribution in [-0.2, 0) is 9.59 Å². The van der Waals surface area contributed by atoms with Crippen LogP contribution in [0, 0.1) is 11.8 Å². The normalized spacial score (nSPS) is 13.9. The third-order valence-corrected chi connectivity index (χ3v) is 3.72. The summed E-state index contributed by atoms with van der Waals surface area (Å²) in [6.07, 6.45) is 1.13. The van der Waals surface area contributed by atoms with Gasteiger partial charge in [0.05, 0.1) is 11.4 Å². The Bertz CT molecular complexity index is 375. The number of hydrogen-bond donors (Lipinski definition) is 2. The number of amides is 2. The van der Waals surface area contributed by atoms with E-state index in [0.717, 1.165) is 0 Å². The number of Topliss-reactive ketones (excluding diaryl/α,β-unsaturated/α-hetero) is 1. The quantitative estimate of drug-likeness (QED) is 0.233. The fraction of sp³-hybridized carbons (Fsp3) is 0.786. The highest BCUT2D eigenvalue weighted by Gasteiger charge is 2.26. The van der Waals surface area contributed by atoms with Gasteiger partial charge in [-0.05, 0) is 24.7 Å². The molecular weight excluding hydrogens is 451 g/mol. The summed E-state index contributed by atoms with van der Waals surface area (Å²) in [7, 11) is 0. The van der Waals surface area contributed by atoms with Crippen LogP contribution >= 0.6 is 38.5 Å². The molecule has 7 heteroatoms. The SMILES string of the molecule is CC(C)C[C@H](NC(=O)[C@H](CC(C)C)NC(=O)I)C(=O)CBr. The van der Waals surface area contributed by atoms with Gasteiger partial charge in [0.2, 0.25) is 5.91 Å². The predicted molar refractivity (Wildman–Crippen MR) is 96.0 cm³/mol. The van der Waals surface area contributed by atoms with Gasteiger partial charge in [-0.1, -0.05) is 43.6 Å². The Labute approximate surface area is 148 Å². The van der Waals surface area contributed by atoms with Crippen LogP contribution in [-0.4, -0.2) is 33.0 Å². The minimum atomic E-state index is -0.604. The van der Waals surface area contributed by atoms with Gasteiger partial charge in [-0.15, -0.1) is 0 Å². The van der Waals surface area contributed by atoms with E-state index in [9.17, 15) is 14.4 Å². The van der Waals surface area contributed by atoms with E-state index in [4.69, 9.17) is 0 Å². The first-order valence-electron chi connectivity index (χ1n) is 7.02. The molecule has 0 bridgehead atoms. The van der Waals surface area contributed by atoms with Gasteiger partial charge in [0.1, 0.15) is 6.04 Å². The molecule has 2 atom stereocenters. The minimum absolute atomic E-state index is 0.0545. The smallest absolute Gasteiger partial charge is 0.281 e. The molecule has 2 amide bonds. The van der Waals surface area contributed by atoms with Crippen LogP contribution in [0.5, 0.6) is 0 Å². The Morgan fingerprint density at radius 2 is 1.43 bits per heavy atom. The van der Waals surface area contributed by atoms with Crippen LogP contribution in [0.1, 0.15) is 40.5 Å². The van der Waals surface area contributed by atoms with Crippen molar-refractivity contribution in [1.82, 2.24) is 10.6 Å². The Balaban J connectivity index is 4.87. The monoisotopic (exact) mass is 474 g/mol. The van der Waals surface area contributed by atoms with Crippen LogP contribution in [0.15, 0.2) is 0 Å². The molecular formula is C14H24BrIN2O3. The number of ketones is 1. The molecule has 122 valence electrons. The zero-order chi connectivity index (χ0) is 16.6. The molecule has 21 heavy (non-hydrogen) atoms. The number of carbonyl (C=O) groups is 3. The zero-order valence-corrected chi connectivity index (χ0v) is 16.7. The van der Waals surface area contributed by atoms with Crippen molar-refractivity contribution in [3.8, 4) is 0 Å². The van der Waals surface area contributed by atoms with Gasteiger partial charge in [0, 0.05) is 22.6 Å². The topological polar surface area (TPSA) is 75.3 Å². The van der Waals surface area contributed by atoms with Crippen molar-refractivity contribution in [3.05, 3.63) is 0 Å². The van der Waals surface area contributed by atoms with Gasteiger partial charge in [-0.25, -0.2) is 0 Å². The standard InChI is InChI=1S/C14H24BrIN2O3/c1-8(2)5-10(12(19)7-15)17-13(20)11(6-9(3)4)18-14(16)21/h8-11H,5-7H2,1-4H3,(H,17,20)(H,18,21)/t10-,11-/m0/s1. The predicted octanol–water partition coefficient (Wildman–Crippen LogP) is 3.04. The van der Waals surface area contributed by atoms with Crippen molar-refractivity contribution in [2.45, 2.75) is 52.6 Å². The Morgan fingerprint density at radius 1 is 0.952 bits per heavy atom. The first kappa shape index (κ1) is 20.8. The number of carbonyl (C=O) groups excluding carboxylic acids is 3. The summed E-state index contributed by atoms with van der Waals surface area (Å²) in [4.78, 5) is 35.4. The van der Waals surface area contributed by atoms with E-state index in [1.807, 2.05) is 27.7 Å². The third-order valence-electron chi connectivity index (χ3n) is 2.86. The average Bonchev–Trinajstić information content (AvgIpc) is 2.34. The van der Waals surface area contributed by atoms with Crippen molar-refractivity contribution in [1.29, 1.82) is 0 Å². The van der Waals surface area contributed by atoms with Gasteiger partial charge in [-0.2, -0.15) is 0 Å². The molecule has 0 aliphatic carbocycles. The first-order chi connectivity index (χ1) is 9.67. The summed E-state index contributed by atoms with van der Waals surface area (Å²) in [5.41, 5.74) is 0. The van der Waals surface area contributed by atoms with E-state index in [0.29, 0.717) is 18.8 Å². The second kappa shape index (κ2) is 10.5. The highest BCUT2D eigenvalue weighted by molar-refractivity contribution is 14.1. The fourth-order valence-electron chi connectivity index (χ4n) is 1.95. The Morgan fingerprint density at radius 3 is 1.81 bits per heavy atom. The number of alkyl halides is 1. The van der Waals surface area contributed by atoms with Gasteiger partial charge >= 0.3 is 0 Å². The highest BCUT2D eigenvalue weighted by Crippen LogP contribution is 2.10. The highest BCUT2D eigenvalue weighted by atomic mass is 127. The Kier molecular flexibility index (Phi) is 10.4. The summed E-state index contributed by atoms with van der Waals surface area (Å²) in [6.45, 7) is 7.96. The maximum atomic E-state index is 12.3. The number of rotatable bonds is 9. The fourth-order valence-corrected chi connectivity index (χ4v) is 2.71. The molecule has 0 aromatic rings. The molecule has 0 radical (unpaired) electrons. The molecule has 0 heterocycles. The number of hydrogen-bond acceptors (Lipinski definition) is 3. The number of nitrogens with one attached hydrogen (secondary N) is 2. The van der Waals surface area contributed by atoms with Crippen molar-refractivity contribution in [2.75, 3.05) is 5.33 Å². The summed E-state index contributed by atoms with van der Waals surface area (Å²) in [5.74, 6) is 0.204. The zero-order valence-electron chi connectivity index (χ0n) is 12.9. The molecule has 0 unspecified atom stereocenters. The van der Waals surface area contributed by atoms with Gasteiger partial charge in [-0.3, -0.25) is 14.4 Å². The average molecular weight is 475 g/mol. The van der Waals surface area contributed by atoms with Crippen molar-refractivity contribution < 1.29 is 14.4 Å². The largest absolute Gasteiger partial charge is 0.344 e. The lowest BCUT2D eigenvalue weighted by atomic mass is 9.99. The summed E-state index contributed by atoms with van der Waals surface area (Å²) >= 11 is 4.75. The summed E-state index contributed by atoms with van der Waals surface area (Å²) in [6, 6.07) is -1.12. The summed E-state index contributed by atoms with van der Waals surface area (Å²) < 4.78 is -0.277. The lowest BCUT2D eigenvalue weighted by Crippen LogP contribution is -2.51. The summed E-state index contributed by atoms with van der Waals surface area (Å²) in [5, 5.41) is 5.62. The molecule has 0 aromatic carbocycles. The molecule has 0 rings (SSSR count). The van der Waals surface area contributed by atoms with Crippen LogP contribution < -0.4 is 10.6 Å². The maximum absolute atomic E-state index is 12.3. The first-order valence-corrected chi connectivity index (χ1v) is 9.22. The van der Waals surface area contributed by atoms with Crippen molar-refractivity contribution in [2.24, 2.45) is 11.8 Å². The van der Waals surface area contributed by atoms with E-state index in [-0.39, 0.29) is 26.9 Å². The van der Waals surface area contributed by atoms with E-state index >= 15 is 0 Å². The minimum Gasteiger partial charge on any atom is -0.344 e. The van der Waals surface area contributed by atoms with E-state index < -0.39 is 12.1 Å². The molecule has 0 fully saturated rings. The second-order valence-corrected chi connectivity index (χ2v) is 7.43. The van der Waals surface area contributed by atoms with E-state index in [2.05, 4.69) is 26.6 Å². The molecule has 0 saturated heterocycles. The third kappa shape index (κ3) is 9.44. The maximum Gasteiger partial charge on any atom is 0.281 e. The van der Waals surface area contributed by atoms with Crippen LogP contribution in [0.2, 0.25) is 0 Å². The van der Waals surface area contributed by atoms with Gasteiger partial charge in [0.25, 0.3) is 3.91 Å². The van der Waals surface area contributed by atoms with E-state index in [1.54, 1.807) is 22.6 Å². The van der Waals surface area contributed by atoms with Crippen molar-refractivity contribution >= 4 is 54.1 Å².